The van der Waals surface area contributed by atoms with Gasteiger partial charge in [0.1, 0.15) is 6.04 Å². The SMILES string of the molecule is CN1C(=O)Cc2cc(S(=O)(=O)N3CCNC(=O)C3c3cccc(Cl)c3)ccc21. The van der Waals surface area contributed by atoms with E-state index in [-0.39, 0.29) is 30.3 Å². The summed E-state index contributed by atoms with van der Waals surface area (Å²) in [6, 6.07) is 10.2. The van der Waals surface area contributed by atoms with Gasteiger partial charge in [0, 0.05) is 30.8 Å². The quantitative estimate of drug-likeness (QED) is 0.820. The Bertz CT molecular complexity index is 1090. The van der Waals surface area contributed by atoms with Crippen LogP contribution in [0.1, 0.15) is 17.2 Å². The van der Waals surface area contributed by atoms with Crippen molar-refractivity contribution in [2.24, 2.45) is 0 Å². The molecular weight excluding hydrogens is 402 g/mol. The van der Waals surface area contributed by atoms with E-state index in [4.69, 9.17) is 11.6 Å². The molecule has 9 heteroatoms. The van der Waals surface area contributed by atoms with Crippen LogP contribution in [0, 0.1) is 0 Å². The molecule has 0 bridgehead atoms. The van der Waals surface area contributed by atoms with E-state index in [0.29, 0.717) is 21.8 Å². The van der Waals surface area contributed by atoms with Crippen molar-refractivity contribution in [1.82, 2.24) is 9.62 Å². The van der Waals surface area contributed by atoms with E-state index in [2.05, 4.69) is 5.32 Å². The Morgan fingerprint density at radius 1 is 1.14 bits per heavy atom. The van der Waals surface area contributed by atoms with Gasteiger partial charge in [0.05, 0.1) is 11.3 Å². The number of halogens is 1. The molecule has 0 aliphatic carbocycles. The number of anilines is 1. The van der Waals surface area contributed by atoms with E-state index < -0.39 is 22.0 Å². The highest BCUT2D eigenvalue weighted by atomic mass is 35.5. The first-order valence-corrected chi connectivity index (χ1v) is 10.6. The van der Waals surface area contributed by atoms with Crippen molar-refractivity contribution in [2.75, 3.05) is 25.0 Å². The summed E-state index contributed by atoms with van der Waals surface area (Å²) in [5.41, 5.74) is 1.87. The van der Waals surface area contributed by atoms with Crippen molar-refractivity contribution >= 4 is 39.1 Å². The topological polar surface area (TPSA) is 86.8 Å². The number of nitrogens with one attached hydrogen (secondary N) is 1. The summed E-state index contributed by atoms with van der Waals surface area (Å²) in [4.78, 5) is 26.0. The van der Waals surface area contributed by atoms with Crippen LogP contribution in [0.5, 0.6) is 0 Å². The van der Waals surface area contributed by atoms with E-state index in [1.54, 1.807) is 37.4 Å². The fourth-order valence-corrected chi connectivity index (χ4v) is 5.47. The van der Waals surface area contributed by atoms with Crippen LogP contribution in [-0.2, 0) is 26.0 Å². The van der Waals surface area contributed by atoms with Crippen molar-refractivity contribution in [3.63, 3.8) is 0 Å². The monoisotopic (exact) mass is 419 g/mol. The number of fused-ring (bicyclic) bond motifs is 1. The molecule has 2 aromatic carbocycles. The Morgan fingerprint density at radius 2 is 1.93 bits per heavy atom. The number of carbonyl (C=O) groups is 2. The van der Waals surface area contributed by atoms with Gasteiger partial charge in [-0.15, -0.1) is 0 Å². The average molecular weight is 420 g/mol. The van der Waals surface area contributed by atoms with Crippen LogP contribution >= 0.6 is 11.6 Å². The van der Waals surface area contributed by atoms with Gasteiger partial charge in [0.15, 0.2) is 0 Å². The summed E-state index contributed by atoms with van der Waals surface area (Å²) >= 11 is 6.05. The second-order valence-electron chi connectivity index (χ2n) is 6.78. The zero-order valence-electron chi connectivity index (χ0n) is 15.1. The standard InChI is InChI=1S/C19H18ClN3O4S/c1-22-16-6-5-15(10-13(16)11-17(22)24)28(26,27)23-8-7-21-19(25)18(23)12-3-2-4-14(20)9-12/h2-6,9-10,18H,7-8,11H2,1H3,(H,21,25). The van der Waals surface area contributed by atoms with Gasteiger partial charge >= 0.3 is 0 Å². The molecule has 2 amide bonds. The molecule has 1 saturated heterocycles. The summed E-state index contributed by atoms with van der Waals surface area (Å²) in [6.07, 6.45) is 0.160. The molecule has 2 heterocycles. The van der Waals surface area contributed by atoms with E-state index in [1.807, 2.05) is 0 Å². The van der Waals surface area contributed by atoms with E-state index >= 15 is 0 Å². The van der Waals surface area contributed by atoms with Crippen molar-refractivity contribution in [1.29, 1.82) is 0 Å². The lowest BCUT2D eigenvalue weighted by atomic mass is 10.0. The first-order valence-electron chi connectivity index (χ1n) is 8.73. The summed E-state index contributed by atoms with van der Waals surface area (Å²) in [5.74, 6) is -0.480. The van der Waals surface area contributed by atoms with Gasteiger partial charge in [-0.2, -0.15) is 4.31 Å². The summed E-state index contributed by atoms with van der Waals surface area (Å²) in [5, 5.41) is 3.14. The molecule has 2 aromatic rings. The zero-order valence-corrected chi connectivity index (χ0v) is 16.6. The number of rotatable bonds is 3. The van der Waals surface area contributed by atoms with E-state index in [9.17, 15) is 18.0 Å². The molecule has 1 fully saturated rings. The number of likely N-dealkylation sites (N-methyl/N-ethyl adjacent to an activating group) is 1. The number of hydrogen-bond acceptors (Lipinski definition) is 4. The molecule has 28 heavy (non-hydrogen) atoms. The largest absolute Gasteiger partial charge is 0.353 e. The smallest absolute Gasteiger partial charge is 0.244 e. The highest BCUT2D eigenvalue weighted by Crippen LogP contribution is 2.34. The van der Waals surface area contributed by atoms with Crippen LogP contribution in [0.3, 0.4) is 0 Å². The van der Waals surface area contributed by atoms with Gasteiger partial charge in [0.25, 0.3) is 0 Å². The molecule has 7 nitrogen and oxygen atoms in total. The van der Waals surface area contributed by atoms with Crippen molar-refractivity contribution in [3.05, 3.63) is 58.6 Å². The Hall–Kier alpha value is -2.42. The van der Waals surface area contributed by atoms with Crippen LogP contribution in [0.4, 0.5) is 5.69 Å². The second kappa shape index (κ2) is 6.88. The number of carbonyl (C=O) groups excluding carboxylic acids is 2. The fraction of sp³-hybridized carbons (Fsp3) is 0.263. The predicted octanol–water partition coefficient (Wildman–Crippen LogP) is 1.72. The summed E-state index contributed by atoms with van der Waals surface area (Å²) in [6.45, 7) is 0.364. The molecule has 2 aliphatic rings. The average Bonchev–Trinajstić information content (AvgIpc) is 2.95. The Kier molecular flexibility index (Phi) is 4.65. The van der Waals surface area contributed by atoms with Gasteiger partial charge in [-0.25, -0.2) is 8.42 Å². The van der Waals surface area contributed by atoms with Crippen molar-refractivity contribution < 1.29 is 18.0 Å². The molecule has 0 radical (unpaired) electrons. The molecule has 1 N–H and O–H groups in total. The van der Waals surface area contributed by atoms with Crippen LogP contribution in [0.25, 0.3) is 0 Å². The minimum Gasteiger partial charge on any atom is -0.353 e. The number of sulfonamides is 1. The van der Waals surface area contributed by atoms with Gasteiger partial charge in [0.2, 0.25) is 21.8 Å². The third-order valence-corrected chi connectivity index (χ3v) is 7.16. The van der Waals surface area contributed by atoms with Crippen LogP contribution in [-0.4, -0.2) is 44.7 Å². The Balaban J connectivity index is 1.76. The molecule has 4 rings (SSSR count). The molecule has 146 valence electrons. The lowest BCUT2D eigenvalue weighted by Crippen LogP contribution is -2.52. The molecule has 1 unspecified atom stereocenters. The highest BCUT2D eigenvalue weighted by Gasteiger charge is 2.40. The summed E-state index contributed by atoms with van der Waals surface area (Å²) in [7, 11) is -2.30. The normalized spacial score (nSPS) is 20.2. The van der Waals surface area contributed by atoms with E-state index in [1.165, 1.54) is 21.3 Å². The van der Waals surface area contributed by atoms with Gasteiger partial charge in [-0.05, 0) is 41.5 Å². The van der Waals surface area contributed by atoms with Crippen LogP contribution in [0.2, 0.25) is 5.02 Å². The maximum absolute atomic E-state index is 13.4. The van der Waals surface area contributed by atoms with Crippen molar-refractivity contribution in [2.45, 2.75) is 17.4 Å². The zero-order chi connectivity index (χ0) is 20.1. The number of hydrogen-bond donors (Lipinski definition) is 1. The van der Waals surface area contributed by atoms with Crippen molar-refractivity contribution in [3.8, 4) is 0 Å². The minimum absolute atomic E-state index is 0.0658. The lowest BCUT2D eigenvalue weighted by Gasteiger charge is -2.34. The van der Waals surface area contributed by atoms with Crippen LogP contribution < -0.4 is 10.2 Å². The maximum Gasteiger partial charge on any atom is 0.244 e. The number of benzene rings is 2. The molecule has 0 saturated carbocycles. The predicted molar refractivity (Wildman–Crippen MR) is 105 cm³/mol. The fourth-order valence-electron chi connectivity index (χ4n) is 3.64. The Morgan fingerprint density at radius 3 is 2.68 bits per heavy atom. The molecule has 0 aromatic heterocycles. The molecule has 1 atom stereocenters. The number of piperazine rings is 1. The third-order valence-electron chi connectivity index (χ3n) is 5.07. The Labute approximate surface area is 167 Å². The first-order chi connectivity index (χ1) is 13.3. The number of amides is 2. The van der Waals surface area contributed by atoms with E-state index in [0.717, 1.165) is 0 Å². The molecule has 2 aliphatic heterocycles. The lowest BCUT2D eigenvalue weighted by molar-refractivity contribution is -0.127. The van der Waals surface area contributed by atoms with Crippen LogP contribution in [0.15, 0.2) is 47.4 Å². The third kappa shape index (κ3) is 3.07. The first kappa shape index (κ1) is 18.9. The second-order valence-corrected chi connectivity index (χ2v) is 9.11. The molecular formula is C19H18ClN3O4S. The summed E-state index contributed by atoms with van der Waals surface area (Å²) < 4.78 is 28.0. The molecule has 0 spiro atoms. The highest BCUT2D eigenvalue weighted by molar-refractivity contribution is 7.89. The number of nitrogens with zero attached hydrogens (tertiary/aromatic N) is 2. The minimum atomic E-state index is -3.96. The van der Waals surface area contributed by atoms with Gasteiger partial charge in [-0.3, -0.25) is 9.59 Å². The van der Waals surface area contributed by atoms with Gasteiger partial charge in [-0.1, -0.05) is 23.7 Å². The maximum atomic E-state index is 13.4. The van der Waals surface area contributed by atoms with Gasteiger partial charge < -0.3 is 10.2 Å².